The van der Waals surface area contributed by atoms with Gasteiger partial charge in [-0.2, -0.15) is 0 Å². The van der Waals surface area contributed by atoms with E-state index in [1.54, 1.807) is 0 Å². The zero-order valence-electron chi connectivity index (χ0n) is 10.4. The SMILES string of the molecule is CCCNC1Cc2cccc3[nH]c(=O)n(c23)C1.Cl. The molecule has 0 saturated carbocycles. The Bertz CT molecular complexity index is 602. The lowest BCUT2D eigenvalue weighted by Crippen LogP contribution is -2.40. The number of halogens is 1. The Hall–Kier alpha value is -1.26. The van der Waals surface area contributed by atoms with Crippen LogP contribution < -0.4 is 11.0 Å². The fourth-order valence-electron chi connectivity index (χ4n) is 2.67. The van der Waals surface area contributed by atoms with E-state index in [0.29, 0.717) is 6.04 Å². The van der Waals surface area contributed by atoms with Crippen LogP contribution in [0.1, 0.15) is 18.9 Å². The van der Waals surface area contributed by atoms with Crippen LogP contribution in [0.2, 0.25) is 0 Å². The first kappa shape index (κ1) is 13.2. The predicted octanol–water partition coefficient (Wildman–Crippen LogP) is 1.68. The standard InChI is InChI=1S/C13H17N3O.ClH/c1-2-6-14-10-7-9-4-3-5-11-12(9)16(8-10)13(17)15-11;/h3-5,10,14H,2,6-8H2,1H3,(H,15,17);1H. The highest BCUT2D eigenvalue weighted by molar-refractivity contribution is 5.85. The predicted molar refractivity (Wildman–Crippen MR) is 75.6 cm³/mol. The maximum absolute atomic E-state index is 11.9. The van der Waals surface area contributed by atoms with Crippen LogP contribution in [0.5, 0.6) is 0 Å². The van der Waals surface area contributed by atoms with Crippen molar-refractivity contribution in [2.24, 2.45) is 0 Å². The van der Waals surface area contributed by atoms with Crippen molar-refractivity contribution in [1.82, 2.24) is 14.9 Å². The summed E-state index contributed by atoms with van der Waals surface area (Å²) in [5.74, 6) is 0. The molecule has 4 nitrogen and oxygen atoms in total. The number of aromatic amines is 1. The Kier molecular flexibility index (Phi) is 3.78. The summed E-state index contributed by atoms with van der Waals surface area (Å²) >= 11 is 0. The van der Waals surface area contributed by atoms with E-state index in [0.717, 1.165) is 37.0 Å². The van der Waals surface area contributed by atoms with Crippen LogP contribution in [-0.4, -0.2) is 22.1 Å². The molecule has 1 aromatic carbocycles. The summed E-state index contributed by atoms with van der Waals surface area (Å²) in [5, 5.41) is 3.50. The van der Waals surface area contributed by atoms with Crippen molar-refractivity contribution in [3.05, 3.63) is 34.2 Å². The molecule has 98 valence electrons. The minimum absolute atomic E-state index is 0. The Morgan fingerprint density at radius 2 is 2.33 bits per heavy atom. The number of hydrogen-bond donors (Lipinski definition) is 2. The van der Waals surface area contributed by atoms with Gasteiger partial charge in [0.2, 0.25) is 0 Å². The van der Waals surface area contributed by atoms with E-state index in [4.69, 9.17) is 0 Å². The summed E-state index contributed by atoms with van der Waals surface area (Å²) in [6, 6.07) is 6.48. The van der Waals surface area contributed by atoms with Gasteiger partial charge in [0.25, 0.3) is 0 Å². The number of para-hydroxylation sites is 1. The van der Waals surface area contributed by atoms with Crippen LogP contribution in [0.4, 0.5) is 0 Å². The zero-order chi connectivity index (χ0) is 11.8. The molecule has 0 aliphatic carbocycles. The van der Waals surface area contributed by atoms with E-state index < -0.39 is 0 Å². The molecular formula is C13H18ClN3O. The fraction of sp³-hybridized carbons (Fsp3) is 0.462. The van der Waals surface area contributed by atoms with Crippen LogP contribution >= 0.6 is 12.4 Å². The lowest BCUT2D eigenvalue weighted by molar-refractivity contribution is 0.432. The largest absolute Gasteiger partial charge is 0.326 e. The van der Waals surface area contributed by atoms with E-state index in [9.17, 15) is 4.79 Å². The molecule has 0 fully saturated rings. The van der Waals surface area contributed by atoms with Gasteiger partial charge in [-0.1, -0.05) is 19.1 Å². The summed E-state index contributed by atoms with van der Waals surface area (Å²) in [6.07, 6.45) is 2.13. The van der Waals surface area contributed by atoms with Crippen molar-refractivity contribution < 1.29 is 0 Å². The Morgan fingerprint density at radius 1 is 1.50 bits per heavy atom. The summed E-state index contributed by atoms with van der Waals surface area (Å²) in [6.45, 7) is 3.94. The number of aromatic nitrogens is 2. The summed E-state index contributed by atoms with van der Waals surface area (Å²) < 4.78 is 1.86. The highest BCUT2D eigenvalue weighted by Gasteiger charge is 2.21. The van der Waals surface area contributed by atoms with Crippen molar-refractivity contribution in [3.63, 3.8) is 0 Å². The first-order valence-electron chi connectivity index (χ1n) is 6.23. The average molecular weight is 268 g/mol. The maximum atomic E-state index is 11.9. The quantitative estimate of drug-likeness (QED) is 0.889. The molecule has 0 radical (unpaired) electrons. The van der Waals surface area contributed by atoms with Crippen LogP contribution in [0, 0.1) is 0 Å². The van der Waals surface area contributed by atoms with Crippen LogP contribution in [0.3, 0.4) is 0 Å². The van der Waals surface area contributed by atoms with Crippen LogP contribution in [0.25, 0.3) is 11.0 Å². The third-order valence-corrected chi connectivity index (χ3v) is 3.43. The molecule has 0 amide bonds. The lowest BCUT2D eigenvalue weighted by Gasteiger charge is -2.24. The van der Waals surface area contributed by atoms with Gasteiger partial charge >= 0.3 is 5.69 Å². The van der Waals surface area contributed by atoms with Gasteiger partial charge in [-0.05, 0) is 31.0 Å². The van der Waals surface area contributed by atoms with Crippen molar-refractivity contribution in [2.45, 2.75) is 32.4 Å². The molecule has 2 heterocycles. The van der Waals surface area contributed by atoms with Gasteiger partial charge in [0.1, 0.15) is 0 Å². The number of H-pyrrole nitrogens is 1. The van der Waals surface area contributed by atoms with Gasteiger partial charge in [0.15, 0.2) is 0 Å². The molecule has 1 unspecified atom stereocenters. The van der Waals surface area contributed by atoms with E-state index in [1.807, 2.05) is 16.7 Å². The van der Waals surface area contributed by atoms with Gasteiger partial charge < -0.3 is 10.3 Å². The second-order valence-electron chi connectivity index (χ2n) is 4.71. The van der Waals surface area contributed by atoms with E-state index >= 15 is 0 Å². The normalized spacial score (nSPS) is 17.7. The number of imidazole rings is 1. The molecule has 0 bridgehead atoms. The first-order chi connectivity index (χ1) is 8.29. The van der Waals surface area contributed by atoms with Crippen molar-refractivity contribution >= 4 is 23.4 Å². The monoisotopic (exact) mass is 267 g/mol. The summed E-state index contributed by atoms with van der Waals surface area (Å²) in [7, 11) is 0. The lowest BCUT2D eigenvalue weighted by atomic mass is 10.0. The topological polar surface area (TPSA) is 49.8 Å². The molecule has 2 aromatic rings. The van der Waals surface area contributed by atoms with E-state index in [2.05, 4.69) is 23.3 Å². The number of nitrogens with one attached hydrogen (secondary N) is 2. The number of hydrogen-bond acceptors (Lipinski definition) is 2. The van der Waals surface area contributed by atoms with Gasteiger partial charge in [0, 0.05) is 12.6 Å². The second kappa shape index (κ2) is 5.16. The smallest absolute Gasteiger partial charge is 0.312 e. The number of rotatable bonds is 3. The molecule has 0 saturated heterocycles. The molecule has 2 N–H and O–H groups in total. The third-order valence-electron chi connectivity index (χ3n) is 3.43. The van der Waals surface area contributed by atoms with Gasteiger partial charge in [-0.15, -0.1) is 12.4 Å². The fourth-order valence-corrected chi connectivity index (χ4v) is 2.67. The van der Waals surface area contributed by atoms with Crippen LogP contribution in [-0.2, 0) is 13.0 Å². The molecule has 0 spiro atoms. The molecule has 1 aromatic heterocycles. The molecule has 1 aliphatic rings. The highest BCUT2D eigenvalue weighted by atomic mass is 35.5. The van der Waals surface area contributed by atoms with Crippen molar-refractivity contribution in [3.8, 4) is 0 Å². The van der Waals surface area contributed by atoms with Gasteiger partial charge in [-0.25, -0.2) is 4.79 Å². The molecule has 3 rings (SSSR count). The molecular weight excluding hydrogens is 250 g/mol. The number of benzene rings is 1. The Morgan fingerprint density at radius 3 is 3.11 bits per heavy atom. The van der Waals surface area contributed by atoms with E-state index in [1.165, 1.54) is 5.56 Å². The minimum Gasteiger partial charge on any atom is -0.312 e. The number of nitrogens with zero attached hydrogens (tertiary/aromatic N) is 1. The molecule has 1 atom stereocenters. The highest BCUT2D eigenvalue weighted by Crippen LogP contribution is 2.22. The third kappa shape index (κ3) is 2.06. The average Bonchev–Trinajstić information content (AvgIpc) is 2.66. The van der Waals surface area contributed by atoms with Gasteiger partial charge in [-0.3, -0.25) is 4.57 Å². The summed E-state index contributed by atoms with van der Waals surface area (Å²) in [4.78, 5) is 14.8. The van der Waals surface area contributed by atoms with E-state index in [-0.39, 0.29) is 18.1 Å². The van der Waals surface area contributed by atoms with Crippen molar-refractivity contribution in [2.75, 3.05) is 6.54 Å². The van der Waals surface area contributed by atoms with Crippen molar-refractivity contribution in [1.29, 1.82) is 0 Å². The first-order valence-corrected chi connectivity index (χ1v) is 6.23. The molecule has 5 heteroatoms. The van der Waals surface area contributed by atoms with Gasteiger partial charge in [0.05, 0.1) is 11.0 Å². The Balaban J connectivity index is 0.00000120. The maximum Gasteiger partial charge on any atom is 0.326 e. The molecule has 1 aliphatic heterocycles. The molecule has 18 heavy (non-hydrogen) atoms. The second-order valence-corrected chi connectivity index (χ2v) is 4.71. The summed E-state index contributed by atoms with van der Waals surface area (Å²) in [5.41, 5.74) is 3.32. The Labute approximate surface area is 112 Å². The minimum atomic E-state index is 0. The van der Waals surface area contributed by atoms with Crippen LogP contribution in [0.15, 0.2) is 23.0 Å². The zero-order valence-corrected chi connectivity index (χ0v) is 11.2.